The molecular formula is C9H9N3O2. The monoisotopic (exact) mass is 191 g/mol. The number of aryl methyl sites for hydroxylation is 2. The number of hydrogen-bond acceptors (Lipinski definition) is 3. The Morgan fingerprint density at radius 2 is 2.21 bits per heavy atom. The maximum atomic E-state index is 10.8. The van der Waals surface area contributed by atoms with Crippen LogP contribution >= 0.6 is 0 Å². The molecule has 0 atom stereocenters. The van der Waals surface area contributed by atoms with Crippen LogP contribution in [0.25, 0.3) is 11.0 Å². The number of carbonyl (C=O) groups is 1. The number of fused-ring (bicyclic) bond motifs is 1. The Labute approximate surface area is 80.0 Å². The fraction of sp³-hybridized carbons (Fsp3) is 0.222. The number of carboxylic acids is 1. The molecule has 0 saturated heterocycles. The number of rotatable bonds is 1. The molecule has 2 rings (SSSR count). The minimum atomic E-state index is -0.958. The Morgan fingerprint density at radius 1 is 1.50 bits per heavy atom. The van der Waals surface area contributed by atoms with Gasteiger partial charge in [-0.05, 0) is 12.5 Å². The van der Waals surface area contributed by atoms with Crippen LogP contribution in [0.2, 0.25) is 0 Å². The second-order valence-electron chi connectivity index (χ2n) is 3.11. The van der Waals surface area contributed by atoms with E-state index in [0.717, 1.165) is 5.39 Å². The highest BCUT2D eigenvalue weighted by molar-refractivity contribution is 5.94. The highest BCUT2D eigenvalue weighted by Crippen LogP contribution is 2.18. The van der Waals surface area contributed by atoms with Crippen molar-refractivity contribution in [2.45, 2.75) is 6.92 Å². The molecule has 0 fully saturated rings. The molecule has 14 heavy (non-hydrogen) atoms. The van der Waals surface area contributed by atoms with E-state index in [9.17, 15) is 4.79 Å². The Bertz CT molecular complexity index is 516. The van der Waals surface area contributed by atoms with Crippen LogP contribution in [0.3, 0.4) is 0 Å². The van der Waals surface area contributed by atoms with E-state index in [-0.39, 0.29) is 5.56 Å². The average Bonchev–Trinajstić information content (AvgIpc) is 2.49. The van der Waals surface area contributed by atoms with Gasteiger partial charge in [0.05, 0.1) is 11.8 Å². The highest BCUT2D eigenvalue weighted by Gasteiger charge is 2.12. The highest BCUT2D eigenvalue weighted by atomic mass is 16.4. The molecule has 0 aliphatic heterocycles. The molecule has 5 nitrogen and oxygen atoms in total. The fourth-order valence-corrected chi connectivity index (χ4v) is 1.43. The number of aromatic nitrogens is 3. The van der Waals surface area contributed by atoms with Crippen molar-refractivity contribution >= 4 is 17.0 Å². The van der Waals surface area contributed by atoms with Gasteiger partial charge in [0.2, 0.25) is 0 Å². The summed E-state index contributed by atoms with van der Waals surface area (Å²) in [6.07, 6.45) is 2.99. The minimum Gasteiger partial charge on any atom is -0.478 e. The van der Waals surface area contributed by atoms with E-state index in [1.54, 1.807) is 24.9 Å². The second-order valence-corrected chi connectivity index (χ2v) is 3.11. The lowest BCUT2D eigenvalue weighted by Gasteiger charge is -2.00. The summed E-state index contributed by atoms with van der Waals surface area (Å²) in [5, 5.41) is 13.7. The first-order valence-electron chi connectivity index (χ1n) is 4.12. The van der Waals surface area contributed by atoms with Gasteiger partial charge in [-0.2, -0.15) is 5.10 Å². The van der Waals surface area contributed by atoms with E-state index in [4.69, 9.17) is 5.11 Å². The zero-order valence-electron chi connectivity index (χ0n) is 7.85. The number of pyridine rings is 1. The molecule has 0 aliphatic carbocycles. The van der Waals surface area contributed by atoms with Gasteiger partial charge >= 0.3 is 5.97 Å². The summed E-state index contributed by atoms with van der Waals surface area (Å²) in [5.74, 6) is -0.958. The number of aromatic carboxylic acids is 1. The van der Waals surface area contributed by atoms with E-state index in [1.807, 2.05) is 0 Å². The molecule has 2 aromatic heterocycles. The molecule has 72 valence electrons. The van der Waals surface area contributed by atoms with Gasteiger partial charge in [0.15, 0.2) is 5.65 Å². The van der Waals surface area contributed by atoms with Crippen molar-refractivity contribution < 1.29 is 9.90 Å². The van der Waals surface area contributed by atoms with Gasteiger partial charge in [-0.3, -0.25) is 4.68 Å². The van der Waals surface area contributed by atoms with Crippen LogP contribution in [0.4, 0.5) is 0 Å². The van der Waals surface area contributed by atoms with Crippen molar-refractivity contribution in [2.75, 3.05) is 0 Å². The first kappa shape index (κ1) is 8.68. The molecule has 0 amide bonds. The number of nitrogens with zero attached hydrogens (tertiary/aromatic N) is 3. The molecule has 0 spiro atoms. The first-order chi connectivity index (χ1) is 6.61. The van der Waals surface area contributed by atoms with Crippen LogP contribution in [0.5, 0.6) is 0 Å². The van der Waals surface area contributed by atoms with Gasteiger partial charge in [-0.1, -0.05) is 0 Å². The minimum absolute atomic E-state index is 0.227. The van der Waals surface area contributed by atoms with Gasteiger partial charge in [-0.25, -0.2) is 9.78 Å². The molecule has 0 bridgehead atoms. The summed E-state index contributed by atoms with van der Waals surface area (Å²) in [4.78, 5) is 14.8. The van der Waals surface area contributed by atoms with E-state index in [0.29, 0.717) is 11.2 Å². The second kappa shape index (κ2) is 2.80. The van der Waals surface area contributed by atoms with Crippen LogP contribution in [0.1, 0.15) is 15.9 Å². The lowest BCUT2D eigenvalue weighted by molar-refractivity contribution is 0.0696. The van der Waals surface area contributed by atoms with Crippen molar-refractivity contribution in [2.24, 2.45) is 7.05 Å². The lowest BCUT2D eigenvalue weighted by Crippen LogP contribution is -2.01. The quantitative estimate of drug-likeness (QED) is 0.729. The van der Waals surface area contributed by atoms with Crippen molar-refractivity contribution in [3.05, 3.63) is 23.5 Å². The van der Waals surface area contributed by atoms with Crippen LogP contribution in [-0.4, -0.2) is 25.8 Å². The van der Waals surface area contributed by atoms with E-state index < -0.39 is 5.97 Å². The summed E-state index contributed by atoms with van der Waals surface area (Å²) in [6, 6.07) is 0. The molecule has 0 aliphatic rings. The van der Waals surface area contributed by atoms with Gasteiger partial charge in [-0.15, -0.1) is 0 Å². The van der Waals surface area contributed by atoms with E-state index in [2.05, 4.69) is 10.1 Å². The molecule has 0 radical (unpaired) electrons. The van der Waals surface area contributed by atoms with Gasteiger partial charge < -0.3 is 5.11 Å². The average molecular weight is 191 g/mol. The predicted octanol–water partition coefficient (Wildman–Crippen LogP) is 0.975. The largest absolute Gasteiger partial charge is 0.478 e. The maximum Gasteiger partial charge on any atom is 0.337 e. The van der Waals surface area contributed by atoms with Crippen LogP contribution in [-0.2, 0) is 7.05 Å². The molecular weight excluding hydrogens is 182 g/mol. The Balaban J connectivity index is 2.82. The van der Waals surface area contributed by atoms with E-state index >= 15 is 0 Å². The molecule has 1 N–H and O–H groups in total. The zero-order valence-corrected chi connectivity index (χ0v) is 7.85. The first-order valence-corrected chi connectivity index (χ1v) is 4.12. The SMILES string of the molecule is Cc1c(C(=O)O)cnc2c1cnn2C. The van der Waals surface area contributed by atoms with Crippen LogP contribution < -0.4 is 0 Å². The molecule has 2 aromatic rings. The van der Waals surface area contributed by atoms with Gasteiger partial charge in [0, 0.05) is 18.6 Å². The van der Waals surface area contributed by atoms with Crippen molar-refractivity contribution in [1.82, 2.24) is 14.8 Å². The van der Waals surface area contributed by atoms with Gasteiger partial charge in [0.1, 0.15) is 0 Å². The molecule has 5 heteroatoms. The third kappa shape index (κ3) is 1.06. The lowest BCUT2D eigenvalue weighted by atomic mass is 10.1. The smallest absolute Gasteiger partial charge is 0.337 e. The van der Waals surface area contributed by atoms with E-state index in [1.165, 1.54) is 6.20 Å². The summed E-state index contributed by atoms with van der Waals surface area (Å²) in [5.41, 5.74) is 1.63. The Kier molecular flexibility index (Phi) is 1.73. The van der Waals surface area contributed by atoms with Crippen molar-refractivity contribution in [3.8, 4) is 0 Å². The van der Waals surface area contributed by atoms with Crippen LogP contribution in [0, 0.1) is 6.92 Å². The zero-order chi connectivity index (χ0) is 10.3. The molecule has 0 aromatic carbocycles. The third-order valence-electron chi connectivity index (χ3n) is 2.26. The predicted molar refractivity (Wildman–Crippen MR) is 50.2 cm³/mol. The summed E-state index contributed by atoms with van der Waals surface area (Å²) < 4.78 is 1.62. The van der Waals surface area contributed by atoms with Crippen molar-refractivity contribution in [3.63, 3.8) is 0 Å². The summed E-state index contributed by atoms with van der Waals surface area (Å²) >= 11 is 0. The third-order valence-corrected chi connectivity index (χ3v) is 2.26. The Morgan fingerprint density at radius 3 is 2.86 bits per heavy atom. The summed E-state index contributed by atoms with van der Waals surface area (Å²) in [7, 11) is 1.77. The maximum absolute atomic E-state index is 10.8. The topological polar surface area (TPSA) is 68.0 Å². The van der Waals surface area contributed by atoms with Gasteiger partial charge in [0.25, 0.3) is 0 Å². The van der Waals surface area contributed by atoms with Crippen LogP contribution in [0.15, 0.2) is 12.4 Å². The normalized spacial score (nSPS) is 10.7. The van der Waals surface area contributed by atoms with Crippen molar-refractivity contribution in [1.29, 1.82) is 0 Å². The summed E-state index contributed by atoms with van der Waals surface area (Å²) in [6.45, 7) is 1.76. The molecule has 0 unspecified atom stereocenters. The number of hydrogen-bond donors (Lipinski definition) is 1. The molecule has 0 saturated carbocycles. The molecule has 2 heterocycles. The number of carboxylic acid groups (broad SMARTS) is 1. The standard InChI is InChI=1S/C9H9N3O2/c1-5-6-4-11-12(2)8(6)10-3-7(5)9(13)14/h3-4H,1-2H3,(H,13,14). The fourth-order valence-electron chi connectivity index (χ4n) is 1.43. The Hall–Kier alpha value is -1.91.